The molecule has 2 N–H and O–H groups in total. The standard InChI is InChI=1S/C24H27FN2O5/c1-2-31-20-13-21(32-14-19(20)26-24(29)30)23(28)27-12-11-15-5-3-4-6-18(15)22(27)16-7-9-17(25)10-8-16/h3-10,19-22,26H,2,11-14H2,1H3,(H,29,30)/t19-,20+,21-,22+/m1/s1. The maximum Gasteiger partial charge on any atom is 0.405 e. The van der Waals surface area contributed by atoms with E-state index in [2.05, 4.69) is 11.4 Å². The maximum absolute atomic E-state index is 13.6. The van der Waals surface area contributed by atoms with Crippen LogP contribution in [0.5, 0.6) is 0 Å². The molecule has 0 spiro atoms. The molecule has 2 aliphatic rings. The SMILES string of the molecule is CCO[C@H]1C[C@H](C(=O)N2CCc3ccccc3[C@@H]2c2ccc(F)cc2)OC[C@H]1NC(=O)O. The summed E-state index contributed by atoms with van der Waals surface area (Å²) >= 11 is 0. The molecule has 1 saturated heterocycles. The Labute approximate surface area is 186 Å². The number of hydrogen-bond acceptors (Lipinski definition) is 4. The number of carbonyl (C=O) groups is 2. The number of carbonyl (C=O) groups excluding carboxylic acids is 1. The summed E-state index contributed by atoms with van der Waals surface area (Å²) in [5.74, 6) is -0.504. The van der Waals surface area contributed by atoms with Gasteiger partial charge in [0, 0.05) is 19.6 Å². The van der Waals surface area contributed by atoms with Crippen LogP contribution in [0.2, 0.25) is 0 Å². The van der Waals surface area contributed by atoms with E-state index in [0.717, 1.165) is 16.7 Å². The lowest BCUT2D eigenvalue weighted by Gasteiger charge is -2.42. The molecule has 0 bridgehead atoms. The third kappa shape index (κ3) is 4.61. The second kappa shape index (κ2) is 9.67. The molecule has 1 fully saturated rings. The number of amides is 2. The van der Waals surface area contributed by atoms with E-state index in [9.17, 15) is 14.0 Å². The van der Waals surface area contributed by atoms with Crippen LogP contribution in [0, 0.1) is 5.82 Å². The van der Waals surface area contributed by atoms with Gasteiger partial charge in [-0.2, -0.15) is 0 Å². The highest BCUT2D eigenvalue weighted by Gasteiger charge is 2.41. The van der Waals surface area contributed by atoms with Crippen molar-refractivity contribution in [3.8, 4) is 0 Å². The predicted molar refractivity (Wildman–Crippen MR) is 115 cm³/mol. The molecular formula is C24H27FN2O5. The van der Waals surface area contributed by atoms with Gasteiger partial charge in [-0.3, -0.25) is 4.79 Å². The highest BCUT2D eigenvalue weighted by atomic mass is 19.1. The number of halogens is 1. The Kier molecular flexibility index (Phi) is 6.72. The number of hydrogen-bond donors (Lipinski definition) is 2. The molecule has 2 amide bonds. The summed E-state index contributed by atoms with van der Waals surface area (Å²) in [5, 5.41) is 11.5. The molecule has 8 heteroatoms. The minimum Gasteiger partial charge on any atom is -0.465 e. The minimum atomic E-state index is -1.16. The summed E-state index contributed by atoms with van der Waals surface area (Å²) in [6, 6.07) is 13.3. The second-order valence-corrected chi connectivity index (χ2v) is 8.04. The smallest absolute Gasteiger partial charge is 0.405 e. The van der Waals surface area contributed by atoms with Crippen molar-refractivity contribution in [2.24, 2.45) is 0 Å². The number of ether oxygens (including phenoxy) is 2. The van der Waals surface area contributed by atoms with Crippen LogP contribution in [0.25, 0.3) is 0 Å². The first-order valence-electron chi connectivity index (χ1n) is 10.8. The summed E-state index contributed by atoms with van der Waals surface area (Å²) in [7, 11) is 0. The summed E-state index contributed by atoms with van der Waals surface area (Å²) in [6.07, 6.45) is -1.39. The van der Waals surface area contributed by atoms with Crippen LogP contribution in [0.1, 0.15) is 36.1 Å². The number of carboxylic acid groups (broad SMARTS) is 1. The van der Waals surface area contributed by atoms with Crippen molar-refractivity contribution < 1.29 is 28.6 Å². The zero-order valence-corrected chi connectivity index (χ0v) is 17.9. The maximum atomic E-state index is 13.6. The summed E-state index contributed by atoms with van der Waals surface area (Å²) in [5.41, 5.74) is 3.00. The van der Waals surface area contributed by atoms with Crippen LogP contribution in [0.15, 0.2) is 48.5 Å². The Bertz CT molecular complexity index is 967. The van der Waals surface area contributed by atoms with Crippen molar-refractivity contribution in [3.05, 3.63) is 71.0 Å². The fraction of sp³-hybridized carbons (Fsp3) is 0.417. The Hall–Kier alpha value is -2.97. The van der Waals surface area contributed by atoms with E-state index in [0.29, 0.717) is 19.6 Å². The minimum absolute atomic E-state index is 0.0546. The third-order valence-corrected chi connectivity index (χ3v) is 6.09. The Morgan fingerprint density at radius 1 is 1.22 bits per heavy atom. The van der Waals surface area contributed by atoms with Crippen molar-refractivity contribution in [2.45, 2.75) is 44.1 Å². The molecule has 2 heterocycles. The van der Waals surface area contributed by atoms with Gasteiger partial charge in [0.05, 0.1) is 24.8 Å². The molecule has 0 aliphatic carbocycles. The van der Waals surface area contributed by atoms with E-state index < -0.39 is 24.3 Å². The van der Waals surface area contributed by atoms with Gasteiger partial charge in [-0.15, -0.1) is 0 Å². The largest absolute Gasteiger partial charge is 0.465 e. The van der Waals surface area contributed by atoms with Gasteiger partial charge >= 0.3 is 6.09 Å². The van der Waals surface area contributed by atoms with Gasteiger partial charge in [-0.25, -0.2) is 9.18 Å². The van der Waals surface area contributed by atoms with Crippen molar-refractivity contribution >= 4 is 12.0 Å². The molecule has 4 rings (SSSR count). The lowest BCUT2D eigenvalue weighted by Crippen LogP contribution is -2.56. The number of rotatable bonds is 5. The van der Waals surface area contributed by atoms with Gasteiger partial charge in [0.25, 0.3) is 5.91 Å². The molecule has 170 valence electrons. The monoisotopic (exact) mass is 442 g/mol. The molecule has 2 aromatic carbocycles. The van der Waals surface area contributed by atoms with Gasteiger partial charge in [-0.05, 0) is 42.2 Å². The number of fused-ring (bicyclic) bond motifs is 1. The molecule has 0 aromatic heterocycles. The zero-order chi connectivity index (χ0) is 22.7. The van der Waals surface area contributed by atoms with E-state index in [1.807, 2.05) is 25.1 Å². The van der Waals surface area contributed by atoms with E-state index in [1.54, 1.807) is 17.0 Å². The van der Waals surface area contributed by atoms with E-state index in [4.69, 9.17) is 14.6 Å². The zero-order valence-electron chi connectivity index (χ0n) is 17.9. The number of nitrogens with zero attached hydrogens (tertiary/aromatic N) is 1. The van der Waals surface area contributed by atoms with Crippen molar-refractivity contribution in [1.29, 1.82) is 0 Å². The molecule has 7 nitrogen and oxygen atoms in total. The Balaban J connectivity index is 1.60. The molecule has 2 aromatic rings. The van der Waals surface area contributed by atoms with Crippen LogP contribution < -0.4 is 5.32 Å². The van der Waals surface area contributed by atoms with Gasteiger partial charge in [-0.1, -0.05) is 36.4 Å². The van der Waals surface area contributed by atoms with Gasteiger partial charge in [0.2, 0.25) is 0 Å². The molecule has 0 unspecified atom stereocenters. The first kappa shape index (κ1) is 22.2. The highest BCUT2D eigenvalue weighted by Crippen LogP contribution is 2.36. The van der Waals surface area contributed by atoms with Gasteiger partial charge < -0.3 is 24.8 Å². The van der Waals surface area contributed by atoms with Crippen molar-refractivity contribution in [2.75, 3.05) is 19.8 Å². The Morgan fingerprint density at radius 2 is 1.97 bits per heavy atom. The van der Waals surface area contributed by atoms with Crippen LogP contribution >= 0.6 is 0 Å². The quantitative estimate of drug-likeness (QED) is 0.743. The van der Waals surface area contributed by atoms with Crippen LogP contribution in [-0.4, -0.2) is 60.0 Å². The summed E-state index contributed by atoms with van der Waals surface area (Å²) in [4.78, 5) is 26.5. The molecule has 0 saturated carbocycles. The average molecular weight is 442 g/mol. The number of nitrogens with one attached hydrogen (secondary N) is 1. The van der Waals surface area contributed by atoms with E-state index in [-0.39, 0.29) is 30.8 Å². The van der Waals surface area contributed by atoms with E-state index in [1.165, 1.54) is 12.1 Å². The molecule has 0 radical (unpaired) electrons. The van der Waals surface area contributed by atoms with Crippen LogP contribution in [0.4, 0.5) is 9.18 Å². The topological polar surface area (TPSA) is 88.1 Å². The van der Waals surface area contributed by atoms with Crippen molar-refractivity contribution in [3.63, 3.8) is 0 Å². The lowest BCUT2D eigenvalue weighted by atomic mass is 9.87. The highest BCUT2D eigenvalue weighted by molar-refractivity contribution is 5.82. The predicted octanol–water partition coefficient (Wildman–Crippen LogP) is 3.13. The fourth-order valence-electron chi connectivity index (χ4n) is 4.63. The third-order valence-electron chi connectivity index (χ3n) is 6.09. The van der Waals surface area contributed by atoms with E-state index >= 15 is 0 Å². The molecule has 4 atom stereocenters. The van der Waals surface area contributed by atoms with Crippen LogP contribution in [-0.2, 0) is 20.7 Å². The van der Waals surface area contributed by atoms with Crippen LogP contribution in [0.3, 0.4) is 0 Å². The normalized spacial score (nSPS) is 25.1. The van der Waals surface area contributed by atoms with Crippen molar-refractivity contribution in [1.82, 2.24) is 10.2 Å². The molecule has 32 heavy (non-hydrogen) atoms. The first-order chi connectivity index (χ1) is 15.5. The average Bonchev–Trinajstić information content (AvgIpc) is 2.79. The van der Waals surface area contributed by atoms with Gasteiger partial charge in [0.15, 0.2) is 0 Å². The first-order valence-corrected chi connectivity index (χ1v) is 10.8. The molecular weight excluding hydrogens is 415 g/mol. The molecule has 2 aliphatic heterocycles. The summed E-state index contributed by atoms with van der Waals surface area (Å²) in [6.45, 7) is 2.79. The Morgan fingerprint density at radius 3 is 2.69 bits per heavy atom. The summed E-state index contributed by atoms with van der Waals surface area (Å²) < 4.78 is 25.1. The lowest BCUT2D eigenvalue weighted by molar-refractivity contribution is -0.157. The number of benzene rings is 2. The second-order valence-electron chi connectivity index (χ2n) is 8.04. The van der Waals surface area contributed by atoms with Gasteiger partial charge in [0.1, 0.15) is 11.9 Å². The fourth-order valence-corrected chi connectivity index (χ4v) is 4.63.